The highest BCUT2D eigenvalue weighted by Crippen LogP contribution is 2.24. The SMILES string of the molecule is CC1CCC(N=CN)CC1. The maximum absolute atomic E-state index is 5.20. The van der Waals surface area contributed by atoms with Crippen LogP contribution in [0.15, 0.2) is 4.99 Å². The molecule has 0 aliphatic heterocycles. The standard InChI is InChI=1S/C8H16N2/c1-7-2-4-8(5-3-7)10-6-9/h6-8H,2-5H2,1H3,(H2,9,10). The van der Waals surface area contributed by atoms with Gasteiger partial charge >= 0.3 is 0 Å². The summed E-state index contributed by atoms with van der Waals surface area (Å²) in [4.78, 5) is 4.17. The largest absolute Gasteiger partial charge is 0.390 e. The van der Waals surface area contributed by atoms with Crippen LogP contribution in [0.25, 0.3) is 0 Å². The first-order valence-electron chi connectivity index (χ1n) is 4.06. The molecule has 1 saturated carbocycles. The van der Waals surface area contributed by atoms with E-state index in [4.69, 9.17) is 5.73 Å². The normalized spacial score (nSPS) is 34.9. The summed E-state index contributed by atoms with van der Waals surface area (Å²) in [7, 11) is 0. The van der Waals surface area contributed by atoms with Crippen molar-refractivity contribution in [3.05, 3.63) is 0 Å². The quantitative estimate of drug-likeness (QED) is 0.435. The average molecular weight is 140 g/mol. The monoisotopic (exact) mass is 140 g/mol. The van der Waals surface area contributed by atoms with Crippen LogP contribution in [0.5, 0.6) is 0 Å². The summed E-state index contributed by atoms with van der Waals surface area (Å²) in [5.41, 5.74) is 5.20. The third-order valence-electron chi connectivity index (χ3n) is 2.28. The molecule has 0 amide bonds. The van der Waals surface area contributed by atoms with Crippen molar-refractivity contribution in [1.29, 1.82) is 0 Å². The third kappa shape index (κ3) is 2.01. The van der Waals surface area contributed by atoms with Crippen LogP contribution in [0.3, 0.4) is 0 Å². The number of aliphatic imine (C=N–C) groups is 1. The molecule has 0 atom stereocenters. The van der Waals surface area contributed by atoms with E-state index >= 15 is 0 Å². The highest BCUT2D eigenvalue weighted by Gasteiger charge is 2.16. The van der Waals surface area contributed by atoms with Gasteiger partial charge in [0, 0.05) is 0 Å². The van der Waals surface area contributed by atoms with Crippen molar-refractivity contribution in [2.45, 2.75) is 38.6 Å². The van der Waals surface area contributed by atoms with Gasteiger partial charge in [-0.05, 0) is 31.6 Å². The van der Waals surface area contributed by atoms with E-state index in [9.17, 15) is 0 Å². The predicted octanol–water partition coefficient (Wildman–Crippen LogP) is 1.55. The second-order valence-electron chi connectivity index (χ2n) is 3.21. The molecule has 1 rings (SSSR count). The Bertz CT molecular complexity index is 112. The molecule has 0 bridgehead atoms. The van der Waals surface area contributed by atoms with Crippen molar-refractivity contribution >= 4 is 6.34 Å². The van der Waals surface area contributed by atoms with Crippen LogP contribution in [-0.4, -0.2) is 12.4 Å². The summed E-state index contributed by atoms with van der Waals surface area (Å²) in [5.74, 6) is 0.907. The van der Waals surface area contributed by atoms with Gasteiger partial charge in [0.15, 0.2) is 0 Å². The Kier molecular flexibility index (Phi) is 2.72. The van der Waals surface area contributed by atoms with Gasteiger partial charge in [0.25, 0.3) is 0 Å². The molecule has 2 nitrogen and oxygen atoms in total. The highest BCUT2D eigenvalue weighted by molar-refractivity contribution is 5.51. The lowest BCUT2D eigenvalue weighted by atomic mass is 9.88. The highest BCUT2D eigenvalue weighted by atomic mass is 14.8. The number of rotatable bonds is 1. The van der Waals surface area contributed by atoms with Gasteiger partial charge in [-0.2, -0.15) is 0 Å². The summed E-state index contributed by atoms with van der Waals surface area (Å²) < 4.78 is 0. The lowest BCUT2D eigenvalue weighted by Gasteiger charge is -2.22. The molecule has 0 heterocycles. The molecule has 0 aromatic carbocycles. The van der Waals surface area contributed by atoms with Crippen molar-refractivity contribution < 1.29 is 0 Å². The second-order valence-corrected chi connectivity index (χ2v) is 3.21. The van der Waals surface area contributed by atoms with Crippen molar-refractivity contribution in [3.8, 4) is 0 Å². The smallest absolute Gasteiger partial charge is 0.0801 e. The number of hydrogen-bond acceptors (Lipinski definition) is 1. The van der Waals surface area contributed by atoms with Crippen LogP contribution >= 0.6 is 0 Å². The van der Waals surface area contributed by atoms with Crippen molar-refractivity contribution in [2.24, 2.45) is 16.6 Å². The Morgan fingerprint density at radius 1 is 1.30 bits per heavy atom. The summed E-state index contributed by atoms with van der Waals surface area (Å²) in [6.07, 6.45) is 6.55. The van der Waals surface area contributed by atoms with E-state index in [-0.39, 0.29) is 0 Å². The molecule has 1 aliphatic rings. The van der Waals surface area contributed by atoms with Crippen LogP contribution in [0.4, 0.5) is 0 Å². The first-order chi connectivity index (χ1) is 4.83. The Balaban J connectivity index is 2.26. The molecule has 2 N–H and O–H groups in total. The van der Waals surface area contributed by atoms with E-state index in [1.807, 2.05) is 0 Å². The van der Waals surface area contributed by atoms with Gasteiger partial charge < -0.3 is 5.73 Å². The first-order valence-corrected chi connectivity index (χ1v) is 4.06. The molecular formula is C8H16N2. The molecule has 0 spiro atoms. The molecule has 1 aliphatic carbocycles. The maximum Gasteiger partial charge on any atom is 0.0801 e. The van der Waals surface area contributed by atoms with Crippen LogP contribution in [0.1, 0.15) is 32.6 Å². The number of nitrogens with zero attached hydrogens (tertiary/aromatic N) is 1. The zero-order chi connectivity index (χ0) is 7.40. The van der Waals surface area contributed by atoms with Crippen molar-refractivity contribution in [1.82, 2.24) is 0 Å². The zero-order valence-corrected chi connectivity index (χ0v) is 6.59. The fraction of sp³-hybridized carbons (Fsp3) is 0.875. The molecule has 0 radical (unpaired) electrons. The Labute approximate surface area is 62.5 Å². The molecule has 0 unspecified atom stereocenters. The minimum atomic E-state index is 0.529. The van der Waals surface area contributed by atoms with Crippen LogP contribution in [-0.2, 0) is 0 Å². The van der Waals surface area contributed by atoms with E-state index in [0.29, 0.717) is 6.04 Å². The minimum Gasteiger partial charge on any atom is -0.390 e. The Hall–Kier alpha value is -0.530. The van der Waals surface area contributed by atoms with E-state index in [2.05, 4.69) is 11.9 Å². The molecule has 0 saturated heterocycles. The molecule has 0 aromatic rings. The zero-order valence-electron chi connectivity index (χ0n) is 6.59. The van der Waals surface area contributed by atoms with Crippen LogP contribution < -0.4 is 5.73 Å². The average Bonchev–Trinajstić information content (AvgIpc) is 1.95. The number of hydrogen-bond donors (Lipinski definition) is 1. The summed E-state index contributed by atoms with van der Waals surface area (Å²) in [5, 5.41) is 0. The predicted molar refractivity (Wildman–Crippen MR) is 44.1 cm³/mol. The third-order valence-corrected chi connectivity index (χ3v) is 2.28. The molecule has 10 heavy (non-hydrogen) atoms. The van der Waals surface area contributed by atoms with Gasteiger partial charge in [-0.15, -0.1) is 0 Å². The topological polar surface area (TPSA) is 38.4 Å². The van der Waals surface area contributed by atoms with Crippen molar-refractivity contribution in [2.75, 3.05) is 0 Å². The molecular weight excluding hydrogens is 124 g/mol. The van der Waals surface area contributed by atoms with E-state index in [1.165, 1.54) is 32.0 Å². The van der Waals surface area contributed by atoms with Gasteiger partial charge in [-0.1, -0.05) is 6.92 Å². The molecule has 0 aromatic heterocycles. The first kappa shape index (κ1) is 7.58. The number of nitrogens with two attached hydrogens (primary N) is 1. The minimum absolute atomic E-state index is 0.529. The van der Waals surface area contributed by atoms with Gasteiger partial charge in [-0.3, -0.25) is 4.99 Å². The van der Waals surface area contributed by atoms with Gasteiger partial charge in [0.1, 0.15) is 0 Å². The van der Waals surface area contributed by atoms with Gasteiger partial charge in [0.2, 0.25) is 0 Å². The van der Waals surface area contributed by atoms with Gasteiger partial charge in [0.05, 0.1) is 12.4 Å². The fourth-order valence-corrected chi connectivity index (χ4v) is 1.51. The lowest BCUT2D eigenvalue weighted by Crippen LogP contribution is -2.15. The van der Waals surface area contributed by atoms with Crippen LogP contribution in [0.2, 0.25) is 0 Å². The second kappa shape index (κ2) is 3.59. The maximum atomic E-state index is 5.20. The lowest BCUT2D eigenvalue weighted by molar-refractivity contribution is 0.350. The van der Waals surface area contributed by atoms with E-state index in [0.717, 1.165) is 5.92 Å². The van der Waals surface area contributed by atoms with E-state index < -0.39 is 0 Å². The molecule has 2 heteroatoms. The Morgan fingerprint density at radius 2 is 1.90 bits per heavy atom. The summed E-state index contributed by atoms with van der Waals surface area (Å²) in [6.45, 7) is 2.31. The fourth-order valence-electron chi connectivity index (χ4n) is 1.51. The summed E-state index contributed by atoms with van der Waals surface area (Å²) >= 11 is 0. The Morgan fingerprint density at radius 3 is 2.40 bits per heavy atom. The van der Waals surface area contributed by atoms with Gasteiger partial charge in [-0.25, -0.2) is 0 Å². The summed E-state index contributed by atoms with van der Waals surface area (Å²) in [6, 6.07) is 0.529. The van der Waals surface area contributed by atoms with Crippen LogP contribution in [0, 0.1) is 5.92 Å². The van der Waals surface area contributed by atoms with E-state index in [1.54, 1.807) is 0 Å². The van der Waals surface area contributed by atoms with Crippen molar-refractivity contribution in [3.63, 3.8) is 0 Å². The molecule has 58 valence electrons. The molecule has 1 fully saturated rings.